The molecule has 0 radical (unpaired) electrons. The minimum Gasteiger partial charge on any atom is -0.339 e. The minimum atomic E-state index is -0.582. The maximum absolute atomic E-state index is 13.0. The third kappa shape index (κ3) is 5.96. The van der Waals surface area contributed by atoms with Crippen molar-refractivity contribution in [2.45, 2.75) is 75.9 Å². The lowest BCUT2D eigenvalue weighted by Gasteiger charge is -2.39. The molecule has 2 unspecified atom stereocenters. The van der Waals surface area contributed by atoms with Crippen molar-refractivity contribution >= 4 is 23.4 Å². The highest BCUT2D eigenvalue weighted by molar-refractivity contribution is 6.30. The van der Waals surface area contributed by atoms with Crippen molar-refractivity contribution in [2.24, 2.45) is 11.5 Å². The van der Waals surface area contributed by atoms with Crippen LogP contribution in [0.15, 0.2) is 24.3 Å². The Morgan fingerprint density at radius 2 is 1.80 bits per heavy atom. The van der Waals surface area contributed by atoms with Gasteiger partial charge in [-0.15, -0.1) is 0 Å². The Labute approximate surface area is 184 Å². The lowest BCUT2D eigenvalue weighted by Crippen LogP contribution is -2.50. The summed E-state index contributed by atoms with van der Waals surface area (Å²) in [6, 6.07) is 7.24. The number of halogens is 1. The molecule has 3 rings (SSSR count). The molecule has 1 aliphatic heterocycles. The van der Waals surface area contributed by atoms with Gasteiger partial charge in [0.05, 0.1) is 12.1 Å². The quantitative estimate of drug-likeness (QED) is 0.657. The van der Waals surface area contributed by atoms with E-state index in [4.69, 9.17) is 23.1 Å². The van der Waals surface area contributed by atoms with Gasteiger partial charge in [-0.3, -0.25) is 9.59 Å². The molecule has 1 aromatic carbocycles. The van der Waals surface area contributed by atoms with Crippen molar-refractivity contribution in [1.82, 2.24) is 9.80 Å². The number of hydrogen-bond acceptors (Lipinski definition) is 4. The molecule has 1 aromatic rings. The number of carbonyl (C=O) groups excluding carboxylic acids is 2. The topological polar surface area (TPSA) is 92.7 Å². The van der Waals surface area contributed by atoms with Crippen LogP contribution in [0.5, 0.6) is 0 Å². The monoisotopic (exact) mass is 434 g/mol. The highest BCUT2D eigenvalue weighted by Crippen LogP contribution is 2.28. The van der Waals surface area contributed by atoms with E-state index in [9.17, 15) is 9.59 Å². The van der Waals surface area contributed by atoms with Crippen molar-refractivity contribution in [3.8, 4) is 0 Å². The fourth-order valence-corrected chi connectivity index (χ4v) is 4.94. The second-order valence-electron chi connectivity index (χ2n) is 8.65. The van der Waals surface area contributed by atoms with Gasteiger partial charge in [-0.25, -0.2) is 0 Å². The van der Waals surface area contributed by atoms with Gasteiger partial charge in [0.15, 0.2) is 0 Å². The molecule has 1 saturated heterocycles. The maximum Gasteiger partial charge on any atom is 0.239 e. The normalized spacial score (nSPS) is 20.9. The van der Waals surface area contributed by atoms with Crippen LogP contribution in [0.1, 0.15) is 56.9 Å². The van der Waals surface area contributed by atoms with Crippen LogP contribution in [0.25, 0.3) is 0 Å². The molecule has 1 aliphatic carbocycles. The molecule has 0 aromatic heterocycles. The molecule has 2 fully saturated rings. The van der Waals surface area contributed by atoms with E-state index in [1.54, 1.807) is 0 Å². The summed E-state index contributed by atoms with van der Waals surface area (Å²) >= 11 is 5.94. The number of nitrogens with zero attached hydrogens (tertiary/aromatic N) is 2. The average molecular weight is 435 g/mol. The summed E-state index contributed by atoms with van der Waals surface area (Å²) in [7, 11) is 0. The number of amides is 2. The Hall–Kier alpha value is -1.63. The molecule has 2 amide bonds. The van der Waals surface area contributed by atoms with Gasteiger partial charge >= 0.3 is 0 Å². The van der Waals surface area contributed by atoms with Crippen LogP contribution in [-0.4, -0.2) is 59.4 Å². The SMILES string of the molecule is NCCCC(=O)N(C1CCCCC1)C1CCN(C(=O)C(N)Cc2ccc(Cl)cc2)C1. The Balaban J connectivity index is 1.61. The number of benzene rings is 1. The van der Waals surface area contributed by atoms with Gasteiger partial charge in [0.25, 0.3) is 0 Å². The van der Waals surface area contributed by atoms with Crippen LogP contribution < -0.4 is 11.5 Å². The molecule has 2 aliphatic rings. The molecule has 2 atom stereocenters. The summed E-state index contributed by atoms with van der Waals surface area (Å²) in [6.07, 6.45) is 8.24. The fourth-order valence-electron chi connectivity index (χ4n) is 4.81. The van der Waals surface area contributed by atoms with Crippen LogP contribution in [0, 0.1) is 0 Å². The molecular weight excluding hydrogens is 400 g/mol. The summed E-state index contributed by atoms with van der Waals surface area (Å²) in [6.45, 7) is 1.77. The maximum atomic E-state index is 13.0. The van der Waals surface area contributed by atoms with E-state index in [1.165, 1.54) is 19.3 Å². The minimum absolute atomic E-state index is 0.0366. The largest absolute Gasteiger partial charge is 0.339 e. The van der Waals surface area contributed by atoms with Crippen LogP contribution in [0.2, 0.25) is 5.02 Å². The van der Waals surface area contributed by atoms with E-state index in [0.29, 0.717) is 50.0 Å². The lowest BCUT2D eigenvalue weighted by molar-refractivity contribution is -0.138. The molecule has 0 bridgehead atoms. The third-order valence-electron chi connectivity index (χ3n) is 6.41. The summed E-state index contributed by atoms with van der Waals surface area (Å²) < 4.78 is 0. The number of hydrogen-bond donors (Lipinski definition) is 2. The van der Waals surface area contributed by atoms with Gasteiger partial charge in [-0.05, 0) is 56.3 Å². The molecule has 7 heteroatoms. The van der Waals surface area contributed by atoms with E-state index in [-0.39, 0.29) is 17.9 Å². The Morgan fingerprint density at radius 3 is 2.47 bits per heavy atom. The first kappa shape index (κ1) is 23.0. The van der Waals surface area contributed by atoms with Gasteiger partial charge in [0.1, 0.15) is 0 Å². The van der Waals surface area contributed by atoms with Crippen LogP contribution in [0.3, 0.4) is 0 Å². The molecule has 0 spiro atoms. The predicted molar refractivity (Wildman–Crippen MR) is 120 cm³/mol. The predicted octanol–water partition coefficient (Wildman–Crippen LogP) is 2.71. The van der Waals surface area contributed by atoms with Gasteiger partial charge in [0, 0.05) is 30.6 Å². The zero-order chi connectivity index (χ0) is 21.5. The summed E-state index contributed by atoms with van der Waals surface area (Å²) in [5.41, 5.74) is 12.9. The van der Waals surface area contributed by atoms with Crippen molar-refractivity contribution in [2.75, 3.05) is 19.6 Å². The molecule has 6 nitrogen and oxygen atoms in total. The van der Waals surface area contributed by atoms with Crippen LogP contribution in [-0.2, 0) is 16.0 Å². The summed E-state index contributed by atoms with van der Waals surface area (Å²) in [5, 5.41) is 0.670. The highest BCUT2D eigenvalue weighted by atomic mass is 35.5. The summed E-state index contributed by atoms with van der Waals surface area (Å²) in [5.74, 6) is 0.155. The van der Waals surface area contributed by atoms with Gasteiger partial charge in [-0.1, -0.05) is 43.0 Å². The molecule has 166 valence electrons. The van der Waals surface area contributed by atoms with E-state index in [0.717, 1.165) is 24.8 Å². The number of nitrogens with two attached hydrogens (primary N) is 2. The fraction of sp³-hybridized carbons (Fsp3) is 0.652. The number of rotatable bonds is 8. The van der Waals surface area contributed by atoms with E-state index in [2.05, 4.69) is 4.90 Å². The average Bonchev–Trinajstić information content (AvgIpc) is 3.23. The highest BCUT2D eigenvalue weighted by Gasteiger charge is 2.37. The smallest absolute Gasteiger partial charge is 0.239 e. The van der Waals surface area contributed by atoms with Crippen molar-refractivity contribution in [3.05, 3.63) is 34.9 Å². The first-order valence-corrected chi connectivity index (χ1v) is 11.7. The van der Waals surface area contributed by atoms with E-state index >= 15 is 0 Å². The van der Waals surface area contributed by atoms with Gasteiger partial charge < -0.3 is 21.3 Å². The molecular formula is C23H35ClN4O2. The number of carbonyl (C=O) groups is 2. The van der Waals surface area contributed by atoms with Crippen LogP contribution >= 0.6 is 11.6 Å². The van der Waals surface area contributed by atoms with Crippen molar-refractivity contribution in [3.63, 3.8) is 0 Å². The second kappa shape index (κ2) is 11.1. The van der Waals surface area contributed by atoms with E-state index in [1.807, 2.05) is 29.2 Å². The Bertz CT molecular complexity index is 706. The second-order valence-corrected chi connectivity index (χ2v) is 9.09. The molecule has 1 saturated carbocycles. The molecule has 4 N–H and O–H groups in total. The Kier molecular flexibility index (Phi) is 8.54. The van der Waals surface area contributed by atoms with Gasteiger partial charge in [0.2, 0.25) is 11.8 Å². The van der Waals surface area contributed by atoms with Crippen molar-refractivity contribution < 1.29 is 9.59 Å². The van der Waals surface area contributed by atoms with E-state index < -0.39 is 6.04 Å². The standard InChI is InChI=1S/C23H35ClN4O2/c24-18-10-8-17(9-11-18)15-21(26)23(30)27-14-12-20(16-27)28(22(29)7-4-13-25)19-5-2-1-3-6-19/h8-11,19-21H,1-7,12-16,25-26H2. The van der Waals surface area contributed by atoms with Crippen molar-refractivity contribution in [1.29, 1.82) is 0 Å². The number of likely N-dealkylation sites (tertiary alicyclic amines) is 1. The zero-order valence-electron chi connectivity index (χ0n) is 17.8. The lowest BCUT2D eigenvalue weighted by atomic mass is 9.92. The first-order valence-electron chi connectivity index (χ1n) is 11.3. The molecule has 30 heavy (non-hydrogen) atoms. The zero-order valence-corrected chi connectivity index (χ0v) is 18.5. The first-order chi connectivity index (χ1) is 14.5. The Morgan fingerprint density at radius 1 is 1.10 bits per heavy atom. The third-order valence-corrected chi connectivity index (χ3v) is 6.66. The summed E-state index contributed by atoms with van der Waals surface area (Å²) in [4.78, 5) is 29.9. The molecule has 1 heterocycles. The van der Waals surface area contributed by atoms with Gasteiger partial charge in [-0.2, -0.15) is 0 Å². The van der Waals surface area contributed by atoms with Crippen LogP contribution in [0.4, 0.5) is 0 Å².